The Balaban J connectivity index is 1.28. The molecule has 6 heteroatoms. The molecule has 6 nitrogen and oxygen atoms in total. The summed E-state index contributed by atoms with van der Waals surface area (Å²) in [6.45, 7) is 7.81. The Kier molecular flexibility index (Phi) is 5.16. The Labute approximate surface area is 165 Å². The first-order valence-corrected chi connectivity index (χ1v) is 10.4. The summed E-state index contributed by atoms with van der Waals surface area (Å²) < 4.78 is 11.2. The van der Waals surface area contributed by atoms with Crippen molar-refractivity contribution in [2.45, 2.75) is 31.8 Å². The van der Waals surface area contributed by atoms with Gasteiger partial charge in [0, 0.05) is 60.8 Å². The number of benzene rings is 1. The van der Waals surface area contributed by atoms with E-state index in [0.29, 0.717) is 5.92 Å². The number of nitrogens with one attached hydrogen (secondary N) is 1. The minimum Gasteiger partial charge on any atom is -0.464 e. The van der Waals surface area contributed by atoms with Gasteiger partial charge in [-0.15, -0.1) is 0 Å². The van der Waals surface area contributed by atoms with E-state index >= 15 is 0 Å². The first kappa shape index (κ1) is 17.9. The van der Waals surface area contributed by atoms with Crippen LogP contribution in [0.25, 0.3) is 11.0 Å². The zero-order valence-electron chi connectivity index (χ0n) is 16.3. The summed E-state index contributed by atoms with van der Waals surface area (Å²) in [5, 5.41) is 8.94. The number of morpholine rings is 1. The lowest BCUT2D eigenvalue weighted by atomic mass is 9.92. The third-order valence-corrected chi connectivity index (χ3v) is 6.12. The van der Waals surface area contributed by atoms with Gasteiger partial charge >= 0.3 is 0 Å². The van der Waals surface area contributed by atoms with Gasteiger partial charge in [-0.3, -0.25) is 14.9 Å². The molecule has 0 spiro atoms. The van der Waals surface area contributed by atoms with Crippen LogP contribution in [0, 0.1) is 0 Å². The average molecular weight is 380 g/mol. The van der Waals surface area contributed by atoms with Gasteiger partial charge in [0.25, 0.3) is 0 Å². The summed E-state index contributed by atoms with van der Waals surface area (Å²) in [6.07, 6.45) is 6.39. The van der Waals surface area contributed by atoms with Crippen molar-refractivity contribution in [3.63, 3.8) is 0 Å². The molecule has 0 aliphatic carbocycles. The van der Waals surface area contributed by atoms with E-state index in [1.807, 2.05) is 24.6 Å². The molecular formula is C22H28N4O2. The number of rotatable bonds is 5. The number of furan rings is 1. The number of H-pyrrole nitrogens is 1. The number of para-hydroxylation sites is 1. The van der Waals surface area contributed by atoms with Crippen molar-refractivity contribution in [2.75, 3.05) is 39.4 Å². The minimum atomic E-state index is 0.519. The molecule has 1 atom stereocenters. The summed E-state index contributed by atoms with van der Waals surface area (Å²) in [6, 6.07) is 8.31. The second-order valence-corrected chi connectivity index (χ2v) is 8.03. The number of likely N-dealkylation sites (tertiary alicyclic amines) is 1. The number of hydrogen-bond donors (Lipinski definition) is 1. The lowest BCUT2D eigenvalue weighted by Gasteiger charge is -2.33. The third kappa shape index (κ3) is 3.72. The van der Waals surface area contributed by atoms with E-state index in [-0.39, 0.29) is 0 Å². The van der Waals surface area contributed by atoms with Gasteiger partial charge < -0.3 is 9.15 Å². The number of nitrogens with zero attached hydrogens (tertiary/aromatic N) is 3. The molecule has 1 aromatic carbocycles. The Morgan fingerprint density at radius 1 is 1.04 bits per heavy atom. The van der Waals surface area contributed by atoms with E-state index in [0.717, 1.165) is 58.1 Å². The summed E-state index contributed by atoms with van der Waals surface area (Å²) in [5.74, 6) is 0.519. The van der Waals surface area contributed by atoms with Crippen LogP contribution in [-0.4, -0.2) is 59.4 Å². The normalized spacial score (nSPS) is 22.1. The monoisotopic (exact) mass is 380 g/mol. The van der Waals surface area contributed by atoms with Gasteiger partial charge in [0.05, 0.1) is 25.7 Å². The predicted molar refractivity (Wildman–Crippen MR) is 108 cm³/mol. The van der Waals surface area contributed by atoms with Crippen LogP contribution in [0.1, 0.15) is 35.6 Å². The fourth-order valence-electron chi connectivity index (χ4n) is 4.63. The number of aromatic amines is 1. The Bertz CT molecular complexity index is 912. The van der Waals surface area contributed by atoms with E-state index in [1.165, 1.54) is 35.0 Å². The SMILES string of the molecule is c1ccc2c(CN3CCCC(c4[nH]ncc4CN4CCOCC4)C3)coc2c1. The number of ether oxygens (including phenoxy) is 1. The zero-order valence-corrected chi connectivity index (χ0v) is 16.3. The molecule has 2 aliphatic rings. The van der Waals surface area contributed by atoms with Crippen LogP contribution in [0.4, 0.5) is 0 Å². The molecule has 0 amide bonds. The van der Waals surface area contributed by atoms with Gasteiger partial charge in [-0.2, -0.15) is 5.10 Å². The van der Waals surface area contributed by atoms with Gasteiger partial charge in [-0.05, 0) is 25.5 Å². The van der Waals surface area contributed by atoms with Crippen molar-refractivity contribution in [1.29, 1.82) is 0 Å². The second-order valence-electron chi connectivity index (χ2n) is 8.03. The van der Waals surface area contributed by atoms with Gasteiger partial charge in [0.15, 0.2) is 0 Å². The number of aromatic nitrogens is 2. The van der Waals surface area contributed by atoms with Gasteiger partial charge in [0.1, 0.15) is 5.58 Å². The van der Waals surface area contributed by atoms with Crippen molar-refractivity contribution in [1.82, 2.24) is 20.0 Å². The van der Waals surface area contributed by atoms with Crippen LogP contribution < -0.4 is 0 Å². The molecule has 0 bridgehead atoms. The summed E-state index contributed by atoms with van der Waals surface area (Å²) >= 11 is 0. The largest absolute Gasteiger partial charge is 0.464 e. The predicted octanol–water partition coefficient (Wildman–Crippen LogP) is 3.37. The fraction of sp³-hybridized carbons (Fsp3) is 0.500. The van der Waals surface area contributed by atoms with Gasteiger partial charge in [-0.1, -0.05) is 18.2 Å². The molecule has 148 valence electrons. The first-order chi connectivity index (χ1) is 13.9. The van der Waals surface area contributed by atoms with Crippen molar-refractivity contribution in [3.8, 4) is 0 Å². The van der Waals surface area contributed by atoms with E-state index in [4.69, 9.17) is 9.15 Å². The quantitative estimate of drug-likeness (QED) is 0.735. The molecule has 2 saturated heterocycles. The Morgan fingerprint density at radius 3 is 2.82 bits per heavy atom. The summed E-state index contributed by atoms with van der Waals surface area (Å²) in [4.78, 5) is 5.03. The van der Waals surface area contributed by atoms with Gasteiger partial charge in [-0.25, -0.2) is 0 Å². The molecule has 1 N–H and O–H groups in total. The van der Waals surface area contributed by atoms with E-state index in [2.05, 4.69) is 32.1 Å². The van der Waals surface area contributed by atoms with Crippen molar-refractivity contribution < 1.29 is 9.15 Å². The van der Waals surface area contributed by atoms with E-state index in [1.54, 1.807) is 0 Å². The second kappa shape index (κ2) is 8.07. The highest BCUT2D eigenvalue weighted by molar-refractivity contribution is 5.80. The van der Waals surface area contributed by atoms with Crippen LogP contribution in [0.15, 0.2) is 41.1 Å². The maximum absolute atomic E-state index is 5.73. The molecule has 0 radical (unpaired) electrons. The topological polar surface area (TPSA) is 57.5 Å². The molecule has 2 fully saturated rings. The highest BCUT2D eigenvalue weighted by Gasteiger charge is 2.26. The maximum atomic E-state index is 5.73. The molecular weight excluding hydrogens is 352 g/mol. The maximum Gasteiger partial charge on any atom is 0.134 e. The van der Waals surface area contributed by atoms with Crippen molar-refractivity contribution >= 4 is 11.0 Å². The van der Waals surface area contributed by atoms with Crippen LogP contribution in [0.3, 0.4) is 0 Å². The number of piperidine rings is 1. The van der Waals surface area contributed by atoms with E-state index in [9.17, 15) is 0 Å². The van der Waals surface area contributed by atoms with Crippen LogP contribution in [0.2, 0.25) is 0 Å². The molecule has 3 aromatic rings. The highest BCUT2D eigenvalue weighted by atomic mass is 16.5. The smallest absolute Gasteiger partial charge is 0.134 e. The van der Waals surface area contributed by atoms with Crippen LogP contribution >= 0.6 is 0 Å². The summed E-state index contributed by atoms with van der Waals surface area (Å²) in [5.41, 5.74) is 4.94. The lowest BCUT2D eigenvalue weighted by Crippen LogP contribution is -2.37. The third-order valence-electron chi connectivity index (χ3n) is 6.12. The lowest BCUT2D eigenvalue weighted by molar-refractivity contribution is 0.0339. The number of fused-ring (bicyclic) bond motifs is 1. The zero-order chi connectivity index (χ0) is 18.8. The minimum absolute atomic E-state index is 0.519. The highest BCUT2D eigenvalue weighted by Crippen LogP contribution is 2.30. The molecule has 5 rings (SSSR count). The Morgan fingerprint density at radius 2 is 1.89 bits per heavy atom. The van der Waals surface area contributed by atoms with Crippen LogP contribution in [-0.2, 0) is 17.8 Å². The average Bonchev–Trinajstić information content (AvgIpc) is 3.36. The number of hydrogen-bond acceptors (Lipinski definition) is 5. The molecule has 1 unspecified atom stereocenters. The van der Waals surface area contributed by atoms with Crippen LogP contribution in [0.5, 0.6) is 0 Å². The first-order valence-electron chi connectivity index (χ1n) is 10.4. The standard InChI is InChI=1S/C22H28N4O2/c1-2-6-21-20(5-1)19(16-28-21)15-26-7-3-4-17(13-26)22-18(12-23-24-22)14-25-8-10-27-11-9-25/h1-2,5-6,12,16-17H,3-4,7-11,13-15H2,(H,23,24). The van der Waals surface area contributed by atoms with Gasteiger partial charge in [0.2, 0.25) is 0 Å². The molecule has 4 heterocycles. The Hall–Kier alpha value is -2.15. The van der Waals surface area contributed by atoms with Crippen molar-refractivity contribution in [3.05, 3.63) is 53.5 Å². The van der Waals surface area contributed by atoms with E-state index < -0.39 is 0 Å². The molecule has 2 aromatic heterocycles. The summed E-state index contributed by atoms with van der Waals surface area (Å²) in [7, 11) is 0. The molecule has 0 saturated carbocycles. The molecule has 2 aliphatic heterocycles. The molecule has 28 heavy (non-hydrogen) atoms. The van der Waals surface area contributed by atoms with Crippen molar-refractivity contribution in [2.24, 2.45) is 0 Å². The fourth-order valence-corrected chi connectivity index (χ4v) is 4.63.